The lowest BCUT2D eigenvalue weighted by molar-refractivity contribution is 0.208. The van der Waals surface area contributed by atoms with Crippen LogP contribution in [0.5, 0.6) is 0 Å². The second kappa shape index (κ2) is 5.22. The minimum Gasteiger partial charge on any atom is -0.384 e. The van der Waals surface area contributed by atoms with Crippen molar-refractivity contribution < 1.29 is 5.11 Å². The van der Waals surface area contributed by atoms with Gasteiger partial charge in [0.05, 0.1) is 0 Å². The molecule has 0 amide bonds. The van der Waals surface area contributed by atoms with E-state index >= 15 is 0 Å². The van der Waals surface area contributed by atoms with Gasteiger partial charge in [-0.15, -0.1) is 0 Å². The van der Waals surface area contributed by atoms with Crippen molar-refractivity contribution in [2.45, 2.75) is 31.8 Å². The summed E-state index contributed by atoms with van der Waals surface area (Å²) in [5.41, 5.74) is 1.87. The normalized spacial score (nSPS) is 18.1. The largest absolute Gasteiger partial charge is 0.384 e. The first-order chi connectivity index (χ1) is 7.66. The number of aliphatic hydroxyl groups is 1. The molecular weight excluding hydrogens is 243 g/mol. The molecule has 0 bridgehead atoms. The Morgan fingerprint density at radius 1 is 1.06 bits per heavy atom. The predicted octanol–water partition coefficient (Wildman–Crippen LogP) is 4.53. The van der Waals surface area contributed by atoms with Gasteiger partial charge in [0.1, 0.15) is 6.10 Å². The van der Waals surface area contributed by atoms with Gasteiger partial charge in [-0.25, -0.2) is 0 Å². The van der Waals surface area contributed by atoms with E-state index in [2.05, 4.69) is 6.08 Å². The fraction of sp³-hybridized carbons (Fsp3) is 0.385. The molecule has 0 fully saturated rings. The van der Waals surface area contributed by atoms with Crippen LogP contribution in [0.25, 0.3) is 0 Å². The second-order valence-electron chi connectivity index (χ2n) is 4.13. The van der Waals surface area contributed by atoms with Gasteiger partial charge < -0.3 is 5.11 Å². The maximum absolute atomic E-state index is 10.2. The Balaban J connectivity index is 2.25. The van der Waals surface area contributed by atoms with E-state index in [0.29, 0.717) is 10.0 Å². The molecule has 0 saturated carbocycles. The smallest absolute Gasteiger partial charge is 0.100 e. The maximum Gasteiger partial charge on any atom is 0.100 e. The summed E-state index contributed by atoms with van der Waals surface area (Å²) in [7, 11) is 0. The number of benzene rings is 1. The molecule has 3 heteroatoms. The summed E-state index contributed by atoms with van der Waals surface area (Å²) in [6.07, 6.45) is 5.95. The van der Waals surface area contributed by atoms with Crippen LogP contribution in [0.1, 0.15) is 37.4 Å². The van der Waals surface area contributed by atoms with Gasteiger partial charge in [-0.1, -0.05) is 29.3 Å². The summed E-state index contributed by atoms with van der Waals surface area (Å²) in [5.74, 6) is 0. The van der Waals surface area contributed by atoms with E-state index in [1.54, 1.807) is 18.2 Å². The molecule has 0 radical (unpaired) electrons. The van der Waals surface area contributed by atoms with Crippen LogP contribution in [-0.2, 0) is 0 Å². The number of allylic oxidation sites excluding steroid dienone is 1. The molecule has 1 atom stereocenters. The molecule has 1 aromatic rings. The Hall–Kier alpha value is -0.500. The lowest BCUT2D eigenvalue weighted by Crippen LogP contribution is -2.04. The molecule has 16 heavy (non-hydrogen) atoms. The molecule has 2 rings (SSSR count). The standard InChI is InChI=1S/C13H14Cl2O/c14-11-6-10(7-12(15)8-11)13(16)9-4-2-1-3-5-9/h4,6-8,13,16H,1-3,5H2. The lowest BCUT2D eigenvalue weighted by atomic mass is 9.92. The van der Waals surface area contributed by atoms with Gasteiger partial charge in [0.2, 0.25) is 0 Å². The number of hydrogen-bond donors (Lipinski definition) is 1. The number of aliphatic hydroxyl groups excluding tert-OH is 1. The van der Waals surface area contributed by atoms with Crippen molar-refractivity contribution in [1.82, 2.24) is 0 Å². The highest BCUT2D eigenvalue weighted by atomic mass is 35.5. The zero-order chi connectivity index (χ0) is 11.5. The highest BCUT2D eigenvalue weighted by molar-refractivity contribution is 6.34. The van der Waals surface area contributed by atoms with E-state index < -0.39 is 6.10 Å². The summed E-state index contributed by atoms with van der Waals surface area (Å²) >= 11 is 11.8. The van der Waals surface area contributed by atoms with Crippen molar-refractivity contribution in [3.05, 3.63) is 45.5 Å². The third-order valence-electron chi connectivity index (χ3n) is 2.88. The number of hydrogen-bond acceptors (Lipinski definition) is 1. The summed E-state index contributed by atoms with van der Waals surface area (Å²) in [6.45, 7) is 0. The molecule has 1 aliphatic rings. The van der Waals surface area contributed by atoms with Crippen LogP contribution < -0.4 is 0 Å². The van der Waals surface area contributed by atoms with Crippen LogP contribution in [0.2, 0.25) is 10.0 Å². The summed E-state index contributed by atoms with van der Waals surface area (Å²) in [4.78, 5) is 0. The van der Waals surface area contributed by atoms with Gasteiger partial charge in [0, 0.05) is 10.0 Å². The van der Waals surface area contributed by atoms with Crippen molar-refractivity contribution >= 4 is 23.2 Å². The Bertz CT molecular complexity index is 392. The van der Waals surface area contributed by atoms with Crippen molar-refractivity contribution in [3.63, 3.8) is 0 Å². The third-order valence-corrected chi connectivity index (χ3v) is 3.31. The molecule has 1 nitrogen and oxygen atoms in total. The number of rotatable bonds is 2. The first-order valence-electron chi connectivity index (χ1n) is 5.50. The molecule has 1 aliphatic carbocycles. The SMILES string of the molecule is OC(C1=CCCCC1)c1cc(Cl)cc(Cl)c1. The van der Waals surface area contributed by atoms with Crippen LogP contribution in [0, 0.1) is 0 Å². The van der Waals surface area contributed by atoms with E-state index in [9.17, 15) is 5.11 Å². The summed E-state index contributed by atoms with van der Waals surface area (Å²) < 4.78 is 0. The topological polar surface area (TPSA) is 20.2 Å². The zero-order valence-electron chi connectivity index (χ0n) is 8.92. The van der Waals surface area contributed by atoms with E-state index in [4.69, 9.17) is 23.2 Å². The minimum absolute atomic E-state index is 0.559. The Morgan fingerprint density at radius 2 is 1.75 bits per heavy atom. The summed E-state index contributed by atoms with van der Waals surface area (Å²) in [5, 5.41) is 11.3. The quantitative estimate of drug-likeness (QED) is 0.772. The van der Waals surface area contributed by atoms with Crippen LogP contribution in [-0.4, -0.2) is 5.11 Å². The van der Waals surface area contributed by atoms with Crippen LogP contribution in [0.3, 0.4) is 0 Å². The van der Waals surface area contributed by atoms with Crippen molar-refractivity contribution in [2.75, 3.05) is 0 Å². The average molecular weight is 257 g/mol. The molecule has 1 aromatic carbocycles. The van der Waals surface area contributed by atoms with E-state index in [0.717, 1.165) is 30.4 Å². The molecule has 1 N–H and O–H groups in total. The monoisotopic (exact) mass is 256 g/mol. The van der Waals surface area contributed by atoms with Crippen molar-refractivity contribution in [1.29, 1.82) is 0 Å². The van der Waals surface area contributed by atoms with Crippen LogP contribution >= 0.6 is 23.2 Å². The average Bonchev–Trinajstić information content (AvgIpc) is 2.28. The number of halogens is 2. The minimum atomic E-state index is -0.559. The molecule has 86 valence electrons. The van der Waals surface area contributed by atoms with Crippen LogP contribution in [0.15, 0.2) is 29.8 Å². The molecule has 0 aromatic heterocycles. The summed E-state index contributed by atoms with van der Waals surface area (Å²) in [6, 6.07) is 5.22. The highest BCUT2D eigenvalue weighted by Gasteiger charge is 2.16. The van der Waals surface area contributed by atoms with Gasteiger partial charge in [0.25, 0.3) is 0 Å². The Labute approximate surface area is 106 Å². The Morgan fingerprint density at radius 3 is 2.31 bits per heavy atom. The first-order valence-corrected chi connectivity index (χ1v) is 6.25. The predicted molar refractivity (Wildman–Crippen MR) is 68.0 cm³/mol. The van der Waals surface area contributed by atoms with Crippen molar-refractivity contribution in [3.8, 4) is 0 Å². The lowest BCUT2D eigenvalue weighted by Gasteiger charge is -2.19. The van der Waals surface area contributed by atoms with Crippen LogP contribution in [0.4, 0.5) is 0 Å². The van der Waals surface area contributed by atoms with E-state index in [1.165, 1.54) is 6.42 Å². The Kier molecular flexibility index (Phi) is 3.91. The van der Waals surface area contributed by atoms with Gasteiger partial charge in [0.15, 0.2) is 0 Å². The zero-order valence-corrected chi connectivity index (χ0v) is 10.4. The molecule has 0 saturated heterocycles. The third kappa shape index (κ3) is 2.79. The van der Waals surface area contributed by atoms with E-state index in [-0.39, 0.29) is 0 Å². The highest BCUT2D eigenvalue weighted by Crippen LogP contribution is 2.32. The molecule has 1 unspecified atom stereocenters. The first kappa shape index (κ1) is 12.0. The van der Waals surface area contributed by atoms with Gasteiger partial charge in [-0.3, -0.25) is 0 Å². The van der Waals surface area contributed by atoms with Gasteiger partial charge >= 0.3 is 0 Å². The molecule has 0 spiro atoms. The van der Waals surface area contributed by atoms with E-state index in [1.807, 2.05) is 0 Å². The maximum atomic E-state index is 10.2. The molecule has 0 heterocycles. The van der Waals surface area contributed by atoms with Crippen molar-refractivity contribution in [2.24, 2.45) is 0 Å². The van der Waals surface area contributed by atoms with Gasteiger partial charge in [-0.05, 0) is 55.0 Å². The van der Waals surface area contributed by atoms with Gasteiger partial charge in [-0.2, -0.15) is 0 Å². The molecular formula is C13H14Cl2O. The second-order valence-corrected chi connectivity index (χ2v) is 5.00. The molecule has 0 aliphatic heterocycles. The fourth-order valence-electron chi connectivity index (χ4n) is 2.06. The fourth-order valence-corrected chi connectivity index (χ4v) is 2.60.